The van der Waals surface area contributed by atoms with Gasteiger partial charge in [-0.3, -0.25) is 4.79 Å². The van der Waals surface area contributed by atoms with Crippen molar-refractivity contribution in [1.82, 2.24) is 10.3 Å². The number of aromatic nitrogens is 1. The Morgan fingerprint density at radius 1 is 1.07 bits per heavy atom. The van der Waals surface area contributed by atoms with Gasteiger partial charge in [0.05, 0.1) is 0 Å². The van der Waals surface area contributed by atoms with E-state index in [4.69, 9.17) is 4.42 Å². The number of carbonyl (C=O) groups excluding carboxylic acids is 1. The molecule has 1 N–H and O–H groups in total. The van der Waals surface area contributed by atoms with E-state index < -0.39 is 0 Å². The van der Waals surface area contributed by atoms with Crippen molar-refractivity contribution in [2.75, 3.05) is 24.5 Å². The fourth-order valence-electron chi connectivity index (χ4n) is 4.69. The van der Waals surface area contributed by atoms with Crippen molar-refractivity contribution in [3.63, 3.8) is 0 Å². The Kier molecular flexibility index (Phi) is 4.74. The summed E-state index contributed by atoms with van der Waals surface area (Å²) in [6.45, 7) is 2.35. The van der Waals surface area contributed by atoms with E-state index in [0.717, 1.165) is 56.4 Å². The van der Waals surface area contributed by atoms with E-state index in [1.54, 1.807) is 0 Å². The van der Waals surface area contributed by atoms with Crippen LogP contribution < -0.4 is 10.2 Å². The highest BCUT2D eigenvalue weighted by Gasteiger charge is 2.39. The Morgan fingerprint density at radius 3 is 2.48 bits per heavy atom. The number of rotatable bonds is 5. The highest BCUT2D eigenvalue weighted by molar-refractivity contribution is 5.79. The van der Waals surface area contributed by atoms with Crippen molar-refractivity contribution in [1.29, 1.82) is 0 Å². The van der Waals surface area contributed by atoms with Crippen LogP contribution in [0.1, 0.15) is 37.7 Å². The van der Waals surface area contributed by atoms with E-state index in [0.29, 0.717) is 6.01 Å². The molecule has 1 saturated carbocycles. The van der Waals surface area contributed by atoms with Crippen LogP contribution in [0, 0.1) is 5.92 Å². The molecule has 1 amide bonds. The first-order valence-corrected chi connectivity index (χ1v) is 10.7. The first-order chi connectivity index (χ1) is 14.2. The van der Waals surface area contributed by atoms with Gasteiger partial charge in [0.25, 0.3) is 6.01 Å². The number of benzene rings is 2. The van der Waals surface area contributed by atoms with Gasteiger partial charge in [0, 0.05) is 31.0 Å². The second-order valence-corrected chi connectivity index (χ2v) is 8.44. The van der Waals surface area contributed by atoms with Crippen molar-refractivity contribution in [2.45, 2.75) is 37.5 Å². The number of nitrogens with zero attached hydrogens (tertiary/aromatic N) is 2. The minimum absolute atomic E-state index is 0.0727. The Morgan fingerprint density at radius 2 is 1.79 bits per heavy atom. The highest BCUT2D eigenvalue weighted by Crippen LogP contribution is 2.43. The van der Waals surface area contributed by atoms with Crippen LogP contribution in [0.5, 0.6) is 0 Å². The number of hydrogen-bond donors (Lipinski definition) is 1. The number of oxazole rings is 1. The smallest absolute Gasteiger partial charge is 0.298 e. The molecule has 1 saturated heterocycles. The standard InChI is InChI=1S/C24H27N3O2/c28-22(25-17-24(13-6-14-24)19-7-2-1-3-8-19)18-11-15-27(16-12-18)23-26-20-9-4-5-10-21(20)29-23/h1-5,7-10,18H,6,11-17H2,(H,25,28). The summed E-state index contributed by atoms with van der Waals surface area (Å²) in [7, 11) is 0. The molecule has 2 heterocycles. The average molecular weight is 389 g/mol. The molecular weight excluding hydrogens is 362 g/mol. The molecule has 3 aromatic rings. The van der Waals surface area contributed by atoms with Crippen LogP contribution in [0.15, 0.2) is 59.0 Å². The van der Waals surface area contributed by atoms with E-state index >= 15 is 0 Å². The second kappa shape index (κ2) is 7.54. The number of anilines is 1. The molecule has 1 aliphatic carbocycles. The van der Waals surface area contributed by atoms with Gasteiger partial charge in [-0.1, -0.05) is 48.9 Å². The first kappa shape index (κ1) is 18.2. The maximum absolute atomic E-state index is 12.8. The SMILES string of the molecule is O=C(NCC1(c2ccccc2)CCC1)C1CCN(c2nc3ccccc3o2)CC1. The van der Waals surface area contributed by atoms with Gasteiger partial charge in [-0.25, -0.2) is 0 Å². The molecule has 150 valence electrons. The molecule has 0 bridgehead atoms. The molecule has 29 heavy (non-hydrogen) atoms. The third-order valence-corrected chi connectivity index (χ3v) is 6.72. The molecule has 1 aliphatic heterocycles. The van der Waals surface area contributed by atoms with Gasteiger partial charge in [0.1, 0.15) is 5.52 Å². The summed E-state index contributed by atoms with van der Waals surface area (Å²) in [4.78, 5) is 19.6. The topological polar surface area (TPSA) is 58.4 Å². The zero-order valence-electron chi connectivity index (χ0n) is 16.6. The van der Waals surface area contributed by atoms with Crippen molar-refractivity contribution in [3.05, 3.63) is 60.2 Å². The summed E-state index contributed by atoms with van der Waals surface area (Å²) >= 11 is 0. The predicted octanol–water partition coefficient (Wildman–Crippen LogP) is 4.28. The van der Waals surface area contributed by atoms with Crippen LogP contribution in [-0.2, 0) is 10.2 Å². The van der Waals surface area contributed by atoms with Crippen LogP contribution in [0.2, 0.25) is 0 Å². The minimum atomic E-state index is 0.0727. The number of piperidine rings is 1. The van der Waals surface area contributed by atoms with E-state index in [1.165, 1.54) is 12.0 Å². The lowest BCUT2D eigenvalue weighted by Crippen LogP contribution is -2.48. The molecule has 2 aliphatic rings. The van der Waals surface area contributed by atoms with Crippen molar-refractivity contribution < 1.29 is 9.21 Å². The van der Waals surface area contributed by atoms with Crippen molar-refractivity contribution >= 4 is 23.0 Å². The Balaban J connectivity index is 1.17. The van der Waals surface area contributed by atoms with Gasteiger partial charge < -0.3 is 14.6 Å². The third kappa shape index (κ3) is 3.50. The molecule has 0 atom stereocenters. The number of carbonyl (C=O) groups is 1. The Bertz CT molecular complexity index is 953. The van der Waals surface area contributed by atoms with Gasteiger partial charge in [-0.2, -0.15) is 4.98 Å². The van der Waals surface area contributed by atoms with Crippen LogP contribution in [0.4, 0.5) is 6.01 Å². The van der Waals surface area contributed by atoms with Gasteiger partial charge in [-0.05, 0) is 43.4 Å². The number of fused-ring (bicyclic) bond motifs is 1. The molecule has 0 unspecified atom stereocenters. The maximum atomic E-state index is 12.8. The Labute approximate surface area is 171 Å². The summed E-state index contributed by atoms with van der Waals surface area (Å²) in [5.41, 5.74) is 3.19. The lowest BCUT2D eigenvalue weighted by atomic mass is 9.64. The molecule has 5 heteroatoms. The van der Waals surface area contributed by atoms with E-state index in [-0.39, 0.29) is 17.2 Å². The fraction of sp³-hybridized carbons (Fsp3) is 0.417. The molecule has 5 nitrogen and oxygen atoms in total. The van der Waals surface area contributed by atoms with Gasteiger partial charge in [-0.15, -0.1) is 0 Å². The number of amides is 1. The highest BCUT2D eigenvalue weighted by atomic mass is 16.4. The molecule has 0 spiro atoms. The van der Waals surface area contributed by atoms with Gasteiger partial charge in [0.2, 0.25) is 5.91 Å². The first-order valence-electron chi connectivity index (χ1n) is 10.7. The predicted molar refractivity (Wildman–Crippen MR) is 114 cm³/mol. The molecule has 5 rings (SSSR count). The third-order valence-electron chi connectivity index (χ3n) is 6.72. The number of nitrogens with one attached hydrogen (secondary N) is 1. The maximum Gasteiger partial charge on any atom is 0.298 e. The van der Waals surface area contributed by atoms with E-state index in [9.17, 15) is 4.79 Å². The zero-order chi connectivity index (χ0) is 19.7. The fourth-order valence-corrected chi connectivity index (χ4v) is 4.69. The molecular formula is C24H27N3O2. The largest absolute Gasteiger partial charge is 0.423 e. The molecule has 1 aromatic heterocycles. The van der Waals surface area contributed by atoms with Crippen LogP contribution in [0.25, 0.3) is 11.1 Å². The lowest BCUT2D eigenvalue weighted by molar-refractivity contribution is -0.126. The van der Waals surface area contributed by atoms with Crippen LogP contribution >= 0.6 is 0 Å². The molecule has 0 radical (unpaired) electrons. The Hall–Kier alpha value is -2.82. The summed E-state index contributed by atoms with van der Waals surface area (Å²) < 4.78 is 5.88. The monoisotopic (exact) mass is 389 g/mol. The number of para-hydroxylation sites is 2. The zero-order valence-corrected chi connectivity index (χ0v) is 16.6. The summed E-state index contributed by atoms with van der Waals surface area (Å²) in [5.74, 6) is 0.271. The van der Waals surface area contributed by atoms with Crippen LogP contribution in [-0.4, -0.2) is 30.5 Å². The van der Waals surface area contributed by atoms with E-state index in [2.05, 4.69) is 45.5 Å². The minimum Gasteiger partial charge on any atom is -0.423 e. The van der Waals surface area contributed by atoms with Crippen molar-refractivity contribution in [3.8, 4) is 0 Å². The summed E-state index contributed by atoms with van der Waals surface area (Å²) in [5, 5.41) is 3.27. The summed E-state index contributed by atoms with van der Waals surface area (Å²) in [6, 6.07) is 19.1. The normalized spacial score (nSPS) is 19.1. The van der Waals surface area contributed by atoms with Crippen LogP contribution in [0.3, 0.4) is 0 Å². The number of hydrogen-bond acceptors (Lipinski definition) is 4. The van der Waals surface area contributed by atoms with Gasteiger partial charge in [0.15, 0.2) is 5.58 Å². The second-order valence-electron chi connectivity index (χ2n) is 8.44. The van der Waals surface area contributed by atoms with Crippen molar-refractivity contribution in [2.24, 2.45) is 5.92 Å². The quantitative estimate of drug-likeness (QED) is 0.707. The summed E-state index contributed by atoms with van der Waals surface area (Å²) in [6.07, 6.45) is 5.24. The lowest BCUT2D eigenvalue weighted by Gasteiger charge is -2.43. The molecule has 2 fully saturated rings. The average Bonchev–Trinajstić information content (AvgIpc) is 3.18. The molecule has 2 aromatic carbocycles. The van der Waals surface area contributed by atoms with Gasteiger partial charge >= 0.3 is 0 Å². The van der Waals surface area contributed by atoms with E-state index in [1.807, 2.05) is 24.3 Å².